The Morgan fingerprint density at radius 1 is 1.20 bits per heavy atom. The molecule has 0 aliphatic heterocycles. The minimum Gasteiger partial charge on any atom is -0.481 e. The molecule has 1 fully saturated rings. The topological polar surface area (TPSA) is 102 Å². The highest BCUT2D eigenvalue weighted by Gasteiger charge is 2.53. The van der Waals surface area contributed by atoms with Gasteiger partial charge in [0.15, 0.2) is 5.76 Å². The van der Waals surface area contributed by atoms with E-state index in [1.54, 1.807) is 0 Å². The molecule has 0 atom stereocenters. The van der Waals surface area contributed by atoms with Gasteiger partial charge < -0.3 is 14.4 Å². The van der Waals surface area contributed by atoms with Crippen LogP contribution in [0.15, 0.2) is 53.2 Å². The first-order chi connectivity index (χ1) is 14.5. The van der Waals surface area contributed by atoms with Crippen molar-refractivity contribution in [1.29, 1.82) is 0 Å². The van der Waals surface area contributed by atoms with Crippen molar-refractivity contribution in [2.24, 2.45) is 0 Å². The number of thiophene rings is 2. The van der Waals surface area contributed by atoms with Crippen molar-refractivity contribution in [2.45, 2.75) is 24.9 Å². The summed E-state index contributed by atoms with van der Waals surface area (Å²) in [6, 6.07) is 13.3. The van der Waals surface area contributed by atoms with Gasteiger partial charge in [0, 0.05) is 10.3 Å². The maximum Gasteiger partial charge on any atom is 0.412 e. The van der Waals surface area contributed by atoms with Gasteiger partial charge in [0.05, 0.1) is 15.1 Å². The molecule has 9 heteroatoms. The lowest BCUT2D eigenvalue weighted by molar-refractivity contribution is -0.139. The van der Waals surface area contributed by atoms with Gasteiger partial charge in [-0.2, -0.15) is 0 Å². The summed E-state index contributed by atoms with van der Waals surface area (Å²) in [6.45, 7) is 0.163. The molecule has 0 saturated heterocycles. The second-order valence-corrected chi connectivity index (χ2v) is 9.47. The highest BCUT2D eigenvalue weighted by molar-refractivity contribution is 7.39. The van der Waals surface area contributed by atoms with E-state index in [0.717, 1.165) is 24.7 Å². The van der Waals surface area contributed by atoms with Crippen molar-refractivity contribution in [3.63, 3.8) is 0 Å². The standard InChI is InChI=1S/C21H16N2O5S2/c24-19(25)21(6-7-21)16-9-13-8-15(29-18(13)30-16)17-14(10-22-28-17)23-20(26)27-11-12-4-2-1-3-5-12/h1-5,8-10H,6-7,11H2,(H,23,26)(H,24,25). The quantitative estimate of drug-likeness (QED) is 0.411. The first-order valence-electron chi connectivity index (χ1n) is 9.25. The molecule has 0 spiro atoms. The third-order valence-electron chi connectivity index (χ3n) is 5.09. The van der Waals surface area contributed by atoms with Crippen LogP contribution in [0.1, 0.15) is 23.3 Å². The predicted octanol–water partition coefficient (Wildman–Crippen LogP) is 5.48. The van der Waals surface area contributed by atoms with Crippen molar-refractivity contribution in [2.75, 3.05) is 5.32 Å². The number of nitrogens with one attached hydrogen (secondary N) is 1. The van der Waals surface area contributed by atoms with Gasteiger partial charge in [-0.25, -0.2) is 4.79 Å². The Labute approximate surface area is 178 Å². The first-order valence-corrected chi connectivity index (χ1v) is 10.9. The van der Waals surface area contributed by atoms with Crippen molar-refractivity contribution in [3.05, 3.63) is 59.1 Å². The molecule has 152 valence electrons. The number of carboxylic acids is 1. The number of hydrogen-bond acceptors (Lipinski definition) is 7. The number of ether oxygens (including phenoxy) is 1. The first kappa shape index (κ1) is 18.8. The van der Waals surface area contributed by atoms with Crippen LogP contribution in [-0.2, 0) is 21.6 Å². The number of carbonyl (C=O) groups is 2. The number of rotatable bonds is 6. The summed E-state index contributed by atoms with van der Waals surface area (Å²) >= 11 is 2.98. The van der Waals surface area contributed by atoms with Crippen LogP contribution in [0, 0.1) is 0 Å². The summed E-state index contributed by atoms with van der Waals surface area (Å²) in [4.78, 5) is 25.4. The summed E-state index contributed by atoms with van der Waals surface area (Å²) in [5.74, 6) is -0.312. The van der Waals surface area contributed by atoms with Gasteiger partial charge in [0.2, 0.25) is 0 Å². The third kappa shape index (κ3) is 3.35. The second-order valence-electron chi connectivity index (χ2n) is 7.11. The van der Waals surface area contributed by atoms with E-state index < -0.39 is 17.5 Å². The average Bonchev–Trinajstić information content (AvgIpc) is 3.04. The number of aliphatic carboxylic acids is 1. The summed E-state index contributed by atoms with van der Waals surface area (Å²) < 4.78 is 11.6. The molecular weight excluding hydrogens is 424 g/mol. The van der Waals surface area contributed by atoms with E-state index in [1.165, 1.54) is 28.9 Å². The lowest BCUT2D eigenvalue weighted by Crippen LogP contribution is -2.17. The largest absolute Gasteiger partial charge is 0.481 e. The molecule has 1 aliphatic carbocycles. The summed E-state index contributed by atoms with van der Waals surface area (Å²) in [6.07, 6.45) is 2.21. The lowest BCUT2D eigenvalue weighted by atomic mass is 10.1. The molecule has 1 aliphatic rings. The van der Waals surface area contributed by atoms with Gasteiger partial charge in [-0.3, -0.25) is 10.1 Å². The number of benzene rings is 1. The Hall–Kier alpha value is -3.17. The zero-order valence-corrected chi connectivity index (χ0v) is 17.2. The van der Waals surface area contributed by atoms with E-state index >= 15 is 0 Å². The fraction of sp³-hybridized carbons (Fsp3) is 0.190. The fourth-order valence-corrected chi connectivity index (χ4v) is 5.93. The van der Waals surface area contributed by atoms with E-state index in [4.69, 9.17) is 9.26 Å². The Bertz CT molecular complexity index is 1210. The Morgan fingerprint density at radius 2 is 2.00 bits per heavy atom. The van der Waals surface area contributed by atoms with Crippen molar-refractivity contribution in [3.8, 4) is 10.6 Å². The molecule has 0 radical (unpaired) electrons. The number of amides is 1. The Morgan fingerprint density at radius 3 is 2.70 bits per heavy atom. The van der Waals surface area contributed by atoms with E-state index in [1.807, 2.05) is 42.5 Å². The van der Waals surface area contributed by atoms with E-state index in [-0.39, 0.29) is 6.61 Å². The van der Waals surface area contributed by atoms with Crippen molar-refractivity contribution in [1.82, 2.24) is 5.16 Å². The van der Waals surface area contributed by atoms with Crippen LogP contribution in [0.25, 0.3) is 20.0 Å². The van der Waals surface area contributed by atoms with E-state index in [9.17, 15) is 14.7 Å². The van der Waals surface area contributed by atoms with Crippen molar-refractivity contribution >= 4 is 49.8 Å². The molecule has 0 bridgehead atoms. The fourth-order valence-electron chi connectivity index (χ4n) is 3.25. The van der Waals surface area contributed by atoms with Gasteiger partial charge in [-0.05, 0) is 30.5 Å². The smallest absolute Gasteiger partial charge is 0.412 e. The highest BCUT2D eigenvalue weighted by atomic mass is 32.2. The van der Waals surface area contributed by atoms with Gasteiger partial charge in [-0.1, -0.05) is 35.5 Å². The molecule has 0 unspecified atom stereocenters. The van der Waals surface area contributed by atoms with Crippen LogP contribution in [0.3, 0.4) is 0 Å². The number of hydrogen-bond donors (Lipinski definition) is 2. The summed E-state index contributed by atoms with van der Waals surface area (Å²) in [5.41, 5.74) is 0.610. The van der Waals surface area contributed by atoms with Crippen molar-refractivity contribution < 1.29 is 24.0 Å². The number of carbonyl (C=O) groups excluding carboxylic acids is 1. The second kappa shape index (κ2) is 7.26. The van der Waals surface area contributed by atoms with Gasteiger partial charge in [0.1, 0.15) is 17.7 Å². The van der Waals surface area contributed by atoms with Crippen LogP contribution in [0.4, 0.5) is 10.5 Å². The van der Waals surface area contributed by atoms with Crippen LogP contribution >= 0.6 is 22.7 Å². The average molecular weight is 441 g/mol. The molecule has 1 aromatic carbocycles. The summed E-state index contributed by atoms with van der Waals surface area (Å²) in [5, 5.41) is 16.9. The molecule has 3 heterocycles. The normalized spacial score (nSPS) is 14.5. The zero-order valence-electron chi connectivity index (χ0n) is 15.6. The van der Waals surface area contributed by atoms with Crippen LogP contribution < -0.4 is 5.32 Å². The zero-order chi connectivity index (χ0) is 20.7. The molecule has 3 aromatic heterocycles. The molecular formula is C21H16N2O5S2. The van der Waals surface area contributed by atoms with Crippen LogP contribution in [0.2, 0.25) is 0 Å². The SMILES string of the molecule is O=C(Nc1cnoc1-c1cc2cc(C3(C(=O)O)CC3)sc2s1)OCc1ccccc1. The minimum absolute atomic E-state index is 0.163. The van der Waals surface area contributed by atoms with Crippen LogP contribution in [0.5, 0.6) is 0 Å². The number of nitrogens with zero attached hydrogens (tertiary/aromatic N) is 1. The number of anilines is 1. The number of aromatic nitrogens is 1. The number of carboxylic acid groups (broad SMARTS) is 1. The molecule has 1 saturated carbocycles. The van der Waals surface area contributed by atoms with Gasteiger partial charge in [-0.15, -0.1) is 22.7 Å². The molecule has 7 nitrogen and oxygen atoms in total. The predicted molar refractivity (Wildman–Crippen MR) is 114 cm³/mol. The monoisotopic (exact) mass is 440 g/mol. The molecule has 30 heavy (non-hydrogen) atoms. The Balaban J connectivity index is 1.32. The third-order valence-corrected chi connectivity index (χ3v) is 7.68. The molecule has 2 N–H and O–H groups in total. The minimum atomic E-state index is -0.757. The summed E-state index contributed by atoms with van der Waals surface area (Å²) in [7, 11) is 0. The van der Waals surface area contributed by atoms with Gasteiger partial charge >= 0.3 is 12.1 Å². The van der Waals surface area contributed by atoms with Gasteiger partial charge in [0.25, 0.3) is 0 Å². The van der Waals surface area contributed by atoms with E-state index in [2.05, 4.69) is 10.5 Å². The molecule has 4 aromatic rings. The van der Waals surface area contributed by atoms with Crippen LogP contribution in [-0.4, -0.2) is 22.3 Å². The van der Waals surface area contributed by atoms with E-state index in [0.29, 0.717) is 24.3 Å². The molecule has 1 amide bonds. The number of fused-ring (bicyclic) bond motifs is 1. The lowest BCUT2D eigenvalue weighted by Gasteiger charge is -2.06. The molecule has 5 rings (SSSR count). The maximum absolute atomic E-state index is 12.2. The maximum atomic E-state index is 12.2. The highest BCUT2D eigenvalue weighted by Crippen LogP contribution is 2.53. The Kier molecular flexibility index (Phi) is 4.56.